The van der Waals surface area contributed by atoms with E-state index in [9.17, 15) is 14.7 Å². The molecule has 0 radical (unpaired) electrons. The van der Waals surface area contributed by atoms with Crippen LogP contribution in [0.3, 0.4) is 0 Å². The van der Waals surface area contributed by atoms with Gasteiger partial charge >= 0.3 is 0 Å². The van der Waals surface area contributed by atoms with Gasteiger partial charge in [-0.3, -0.25) is 9.59 Å². The number of hydrogen-bond donors (Lipinski definition) is 1. The Morgan fingerprint density at radius 2 is 1.72 bits per heavy atom. The molecule has 4 saturated carbocycles. The molecule has 1 aliphatic heterocycles. The number of aliphatic hydroxyl groups is 1. The van der Waals surface area contributed by atoms with E-state index in [4.69, 9.17) is 4.74 Å². The molecular weight excluding hydrogens is 316 g/mol. The number of ether oxygens (including phenoxy) is 1. The first-order valence-electron chi connectivity index (χ1n) is 10.1. The Labute approximate surface area is 149 Å². The van der Waals surface area contributed by atoms with Gasteiger partial charge in [0, 0.05) is 17.3 Å². The molecule has 5 rings (SSSR count). The van der Waals surface area contributed by atoms with Gasteiger partial charge < -0.3 is 9.84 Å². The van der Waals surface area contributed by atoms with Crippen LogP contribution in [0.4, 0.5) is 0 Å². The highest BCUT2D eigenvalue weighted by molar-refractivity contribution is 5.89. The van der Waals surface area contributed by atoms with Crippen molar-refractivity contribution in [1.82, 2.24) is 0 Å². The quantitative estimate of drug-likeness (QED) is 0.741. The number of Topliss-reactive ketones (excluding diaryl/α,β-unsaturated/α-hetero) is 2. The topological polar surface area (TPSA) is 66.9 Å². The van der Waals surface area contributed by atoms with Crippen LogP contribution in [0.1, 0.15) is 72.1 Å². The second-order valence-electron chi connectivity index (χ2n) is 10.1. The third-order valence-electron chi connectivity index (χ3n) is 9.68. The molecule has 25 heavy (non-hydrogen) atoms. The zero-order valence-electron chi connectivity index (χ0n) is 15.6. The van der Waals surface area contributed by atoms with Gasteiger partial charge in [-0.2, -0.15) is 0 Å². The average Bonchev–Trinajstić information content (AvgIpc) is 3.25. The van der Waals surface area contributed by atoms with Gasteiger partial charge in [-0.05, 0) is 69.6 Å². The molecule has 1 N–H and O–H groups in total. The summed E-state index contributed by atoms with van der Waals surface area (Å²) in [5, 5.41) is 11.2. The monoisotopic (exact) mass is 346 g/mol. The molecule has 4 nitrogen and oxygen atoms in total. The van der Waals surface area contributed by atoms with Crippen molar-refractivity contribution in [2.24, 2.45) is 28.6 Å². The molecule has 138 valence electrons. The number of epoxide rings is 1. The van der Waals surface area contributed by atoms with Gasteiger partial charge in [0.05, 0.1) is 0 Å². The van der Waals surface area contributed by atoms with Crippen molar-refractivity contribution in [2.75, 3.05) is 0 Å². The molecule has 5 aliphatic rings. The summed E-state index contributed by atoms with van der Waals surface area (Å²) >= 11 is 0. The van der Waals surface area contributed by atoms with Gasteiger partial charge in [0.2, 0.25) is 0 Å². The fraction of sp³-hybridized carbons (Fsp3) is 0.905. The maximum absolute atomic E-state index is 12.3. The van der Waals surface area contributed by atoms with Gasteiger partial charge in [0.1, 0.15) is 17.3 Å². The summed E-state index contributed by atoms with van der Waals surface area (Å²) in [4.78, 5) is 24.5. The van der Waals surface area contributed by atoms with Gasteiger partial charge in [0.15, 0.2) is 11.6 Å². The van der Waals surface area contributed by atoms with Crippen molar-refractivity contribution in [2.45, 2.75) is 89.4 Å². The molecule has 5 fully saturated rings. The van der Waals surface area contributed by atoms with Crippen LogP contribution >= 0.6 is 0 Å². The SMILES string of the molecule is CC(=O)[C@@]1(O)CC[C@H]2[C@@H]3CC[C@]45O[C@H]4C(=O)CC[C@]5(C)[C@H]3CC[C@@]21C. The summed E-state index contributed by atoms with van der Waals surface area (Å²) in [6.45, 7) is 6.09. The molecule has 4 aliphatic carbocycles. The standard InChI is InChI=1S/C21H30O4/c1-12(22)20(24)10-6-14-13-4-11-21-17(25-21)16(23)7-9-19(21,3)15(13)5-8-18(14,20)2/h13-15,17,24H,4-11H2,1-3H3/t13-,14-,15-,17-,18-,19+,20-,21-/m0/s1. The molecule has 0 aromatic heterocycles. The Hall–Kier alpha value is -0.740. The zero-order chi connectivity index (χ0) is 17.8. The minimum Gasteiger partial charge on any atom is -0.382 e. The molecule has 8 atom stereocenters. The van der Waals surface area contributed by atoms with Crippen LogP contribution in [0.5, 0.6) is 0 Å². The number of carbonyl (C=O) groups excluding carboxylic acids is 2. The van der Waals surface area contributed by atoms with E-state index >= 15 is 0 Å². The van der Waals surface area contributed by atoms with Gasteiger partial charge in [-0.15, -0.1) is 0 Å². The molecule has 0 amide bonds. The lowest BCUT2D eigenvalue weighted by molar-refractivity contribution is -0.168. The molecular formula is C21H30O4. The predicted octanol–water partition coefficient (Wildman–Crippen LogP) is 3.05. The van der Waals surface area contributed by atoms with Crippen molar-refractivity contribution in [3.05, 3.63) is 0 Å². The fourth-order valence-electron chi connectivity index (χ4n) is 8.09. The average molecular weight is 346 g/mol. The Balaban J connectivity index is 1.51. The van der Waals surface area contributed by atoms with Crippen LogP contribution in [0.2, 0.25) is 0 Å². The molecule has 0 aromatic carbocycles. The Bertz CT molecular complexity index is 673. The van der Waals surface area contributed by atoms with Gasteiger partial charge in [0.25, 0.3) is 0 Å². The molecule has 1 saturated heterocycles. The van der Waals surface area contributed by atoms with Crippen LogP contribution in [0.25, 0.3) is 0 Å². The minimum absolute atomic E-state index is 0.0525. The Morgan fingerprint density at radius 3 is 2.44 bits per heavy atom. The summed E-state index contributed by atoms with van der Waals surface area (Å²) < 4.78 is 6.10. The fourth-order valence-corrected chi connectivity index (χ4v) is 8.09. The van der Waals surface area contributed by atoms with E-state index in [1.807, 2.05) is 0 Å². The lowest BCUT2D eigenvalue weighted by Crippen LogP contribution is -2.60. The highest BCUT2D eigenvalue weighted by Gasteiger charge is 2.77. The van der Waals surface area contributed by atoms with Gasteiger partial charge in [-0.1, -0.05) is 13.8 Å². The second-order valence-corrected chi connectivity index (χ2v) is 10.1. The minimum atomic E-state index is -1.14. The van der Waals surface area contributed by atoms with Crippen LogP contribution in [-0.4, -0.2) is 34.0 Å². The number of rotatable bonds is 1. The van der Waals surface area contributed by atoms with Crippen LogP contribution in [0.15, 0.2) is 0 Å². The third kappa shape index (κ3) is 1.63. The van der Waals surface area contributed by atoms with E-state index in [0.29, 0.717) is 36.4 Å². The van der Waals surface area contributed by atoms with E-state index < -0.39 is 5.60 Å². The largest absolute Gasteiger partial charge is 0.382 e. The first kappa shape index (κ1) is 16.4. The Morgan fingerprint density at radius 1 is 1.04 bits per heavy atom. The van der Waals surface area contributed by atoms with Gasteiger partial charge in [-0.25, -0.2) is 0 Å². The van der Waals surface area contributed by atoms with Crippen molar-refractivity contribution in [3.8, 4) is 0 Å². The van der Waals surface area contributed by atoms with Crippen molar-refractivity contribution >= 4 is 11.6 Å². The van der Waals surface area contributed by atoms with E-state index in [1.165, 1.54) is 0 Å². The van der Waals surface area contributed by atoms with Crippen molar-refractivity contribution < 1.29 is 19.4 Å². The predicted molar refractivity (Wildman–Crippen MR) is 91.9 cm³/mol. The summed E-state index contributed by atoms with van der Waals surface area (Å²) in [6.07, 6.45) is 7.07. The lowest BCUT2D eigenvalue weighted by atomic mass is 9.44. The first-order valence-corrected chi connectivity index (χ1v) is 10.1. The first-order chi connectivity index (χ1) is 11.7. The molecule has 0 unspecified atom stereocenters. The van der Waals surface area contributed by atoms with E-state index in [2.05, 4.69) is 13.8 Å². The number of ketones is 2. The van der Waals surface area contributed by atoms with E-state index in [1.54, 1.807) is 6.92 Å². The van der Waals surface area contributed by atoms with E-state index in [-0.39, 0.29) is 28.3 Å². The van der Waals surface area contributed by atoms with Crippen LogP contribution in [0, 0.1) is 28.6 Å². The third-order valence-corrected chi connectivity index (χ3v) is 9.68. The molecule has 4 heteroatoms. The number of hydrogen-bond acceptors (Lipinski definition) is 4. The highest BCUT2D eigenvalue weighted by Crippen LogP contribution is 2.73. The Kier molecular flexibility index (Phi) is 3.00. The second kappa shape index (κ2) is 4.56. The molecule has 0 bridgehead atoms. The zero-order valence-corrected chi connectivity index (χ0v) is 15.6. The van der Waals surface area contributed by atoms with Crippen LogP contribution in [-0.2, 0) is 14.3 Å². The number of fused-ring (bicyclic) bond motifs is 4. The molecule has 1 heterocycles. The summed E-state index contributed by atoms with van der Waals surface area (Å²) in [6, 6.07) is 0. The maximum Gasteiger partial charge on any atom is 0.164 e. The highest BCUT2D eigenvalue weighted by atomic mass is 16.6. The maximum atomic E-state index is 12.3. The van der Waals surface area contributed by atoms with Crippen LogP contribution < -0.4 is 0 Å². The smallest absolute Gasteiger partial charge is 0.164 e. The lowest BCUT2D eigenvalue weighted by Gasteiger charge is -2.60. The summed E-state index contributed by atoms with van der Waals surface area (Å²) in [5.41, 5.74) is -1.52. The summed E-state index contributed by atoms with van der Waals surface area (Å²) in [5.74, 6) is 1.79. The van der Waals surface area contributed by atoms with Crippen molar-refractivity contribution in [3.63, 3.8) is 0 Å². The van der Waals surface area contributed by atoms with E-state index in [0.717, 1.165) is 38.5 Å². The molecule has 0 aromatic rings. The van der Waals surface area contributed by atoms with Crippen molar-refractivity contribution in [1.29, 1.82) is 0 Å². The summed E-state index contributed by atoms with van der Waals surface area (Å²) in [7, 11) is 0. The normalized spacial score (nSPS) is 59.4. The molecule has 1 spiro atoms. The number of carbonyl (C=O) groups is 2.